The van der Waals surface area contributed by atoms with Crippen molar-refractivity contribution in [2.45, 2.75) is 33.3 Å². The van der Waals surface area contributed by atoms with Crippen LogP contribution in [0.4, 0.5) is 27.8 Å². The van der Waals surface area contributed by atoms with Crippen LogP contribution in [0.1, 0.15) is 27.7 Å². The second kappa shape index (κ2) is 7.61. The number of anilines is 4. The summed E-state index contributed by atoms with van der Waals surface area (Å²) in [6.07, 6.45) is -0.587. The van der Waals surface area contributed by atoms with Crippen LogP contribution >= 0.6 is 0 Å². The first-order valence-electron chi connectivity index (χ1n) is 7.70. The summed E-state index contributed by atoms with van der Waals surface area (Å²) in [6, 6.07) is 10.5. The van der Waals surface area contributed by atoms with Crippen LogP contribution < -0.4 is 16.0 Å². The van der Waals surface area contributed by atoms with Crippen LogP contribution in [0.2, 0.25) is 0 Å². The number of hydrogen-bond acceptors (Lipinski definition) is 6. The van der Waals surface area contributed by atoms with Crippen molar-refractivity contribution < 1.29 is 14.3 Å². The topological polar surface area (TPSA) is 105 Å². The van der Waals surface area contributed by atoms with Crippen LogP contribution in [0.15, 0.2) is 36.4 Å². The van der Waals surface area contributed by atoms with Crippen LogP contribution in [0.25, 0.3) is 0 Å². The van der Waals surface area contributed by atoms with Gasteiger partial charge in [0.1, 0.15) is 5.60 Å². The van der Waals surface area contributed by atoms with Crippen LogP contribution in [-0.2, 0) is 9.53 Å². The zero-order chi connectivity index (χ0) is 18.4. The van der Waals surface area contributed by atoms with Gasteiger partial charge in [-0.15, -0.1) is 10.2 Å². The molecule has 8 heteroatoms. The largest absolute Gasteiger partial charge is 0.444 e. The Hall–Kier alpha value is -3.16. The lowest BCUT2D eigenvalue weighted by atomic mass is 10.2. The molecule has 0 bridgehead atoms. The number of nitrogens with one attached hydrogen (secondary N) is 3. The van der Waals surface area contributed by atoms with Crippen LogP contribution in [0.3, 0.4) is 0 Å². The van der Waals surface area contributed by atoms with E-state index in [0.29, 0.717) is 17.3 Å². The molecule has 2 aromatic rings. The summed E-state index contributed by atoms with van der Waals surface area (Å²) < 4.78 is 5.14. The highest BCUT2D eigenvalue weighted by Crippen LogP contribution is 2.18. The molecule has 0 fully saturated rings. The molecular weight excluding hydrogens is 322 g/mol. The zero-order valence-electron chi connectivity index (χ0n) is 14.6. The van der Waals surface area contributed by atoms with E-state index < -0.39 is 11.7 Å². The molecule has 25 heavy (non-hydrogen) atoms. The highest BCUT2D eigenvalue weighted by molar-refractivity contribution is 5.88. The first-order valence-corrected chi connectivity index (χ1v) is 7.70. The molecule has 0 saturated heterocycles. The normalized spacial score (nSPS) is 10.7. The Kier molecular flexibility index (Phi) is 5.53. The van der Waals surface area contributed by atoms with Crippen molar-refractivity contribution >= 4 is 35.0 Å². The number of benzene rings is 1. The number of aromatic nitrogens is 2. The summed E-state index contributed by atoms with van der Waals surface area (Å²) >= 11 is 0. The van der Waals surface area contributed by atoms with Gasteiger partial charge in [-0.3, -0.25) is 10.1 Å². The van der Waals surface area contributed by atoms with Crippen molar-refractivity contribution in [3.8, 4) is 0 Å². The van der Waals surface area contributed by atoms with Crippen LogP contribution in [0.5, 0.6) is 0 Å². The molecule has 0 saturated carbocycles. The maximum Gasteiger partial charge on any atom is 0.413 e. The molecule has 2 rings (SSSR count). The lowest BCUT2D eigenvalue weighted by molar-refractivity contribution is -0.114. The fourth-order valence-corrected chi connectivity index (χ4v) is 1.86. The van der Waals surface area contributed by atoms with E-state index in [1.54, 1.807) is 57.2 Å². The average molecular weight is 343 g/mol. The van der Waals surface area contributed by atoms with Crippen molar-refractivity contribution in [1.29, 1.82) is 0 Å². The lowest BCUT2D eigenvalue weighted by Crippen LogP contribution is -2.27. The maximum absolute atomic E-state index is 11.7. The van der Waals surface area contributed by atoms with E-state index in [1.807, 2.05) is 0 Å². The Morgan fingerprint density at radius 1 is 0.880 bits per heavy atom. The van der Waals surface area contributed by atoms with Gasteiger partial charge in [0.2, 0.25) is 5.91 Å². The van der Waals surface area contributed by atoms with Gasteiger partial charge in [0.15, 0.2) is 11.6 Å². The summed E-state index contributed by atoms with van der Waals surface area (Å²) in [5, 5.41) is 16.2. The Bertz CT molecular complexity index is 736. The van der Waals surface area contributed by atoms with Crippen LogP contribution in [-0.4, -0.2) is 27.8 Å². The average Bonchev–Trinajstić information content (AvgIpc) is 2.49. The molecular formula is C17H21N5O3. The molecule has 1 aromatic carbocycles. The zero-order valence-corrected chi connectivity index (χ0v) is 14.6. The third kappa shape index (κ3) is 6.46. The second-order valence-electron chi connectivity index (χ2n) is 6.31. The highest BCUT2D eigenvalue weighted by atomic mass is 16.6. The molecule has 0 aliphatic carbocycles. The predicted octanol–water partition coefficient (Wildman–Crippen LogP) is 3.53. The quantitative estimate of drug-likeness (QED) is 0.784. The van der Waals surface area contributed by atoms with Crippen molar-refractivity contribution in [3.63, 3.8) is 0 Å². The number of amides is 2. The monoisotopic (exact) mass is 343 g/mol. The van der Waals surface area contributed by atoms with E-state index in [2.05, 4.69) is 26.1 Å². The second-order valence-corrected chi connectivity index (χ2v) is 6.31. The maximum atomic E-state index is 11.7. The SMILES string of the molecule is CC(=O)Nc1ccc(Nc2ccc(NC(=O)OC(C)(C)C)nn2)cc1. The minimum Gasteiger partial charge on any atom is -0.444 e. The van der Waals surface area contributed by atoms with Gasteiger partial charge >= 0.3 is 6.09 Å². The van der Waals surface area contributed by atoms with Crippen molar-refractivity contribution in [2.75, 3.05) is 16.0 Å². The Balaban J connectivity index is 1.93. The summed E-state index contributed by atoms with van der Waals surface area (Å²) in [5.41, 5.74) is 0.917. The Morgan fingerprint density at radius 3 is 1.96 bits per heavy atom. The van der Waals surface area contributed by atoms with E-state index in [4.69, 9.17) is 4.74 Å². The fraction of sp³-hybridized carbons (Fsp3) is 0.294. The Morgan fingerprint density at radius 2 is 1.44 bits per heavy atom. The summed E-state index contributed by atoms with van der Waals surface area (Å²) in [7, 11) is 0. The molecule has 8 nitrogen and oxygen atoms in total. The molecule has 0 spiro atoms. The van der Waals surface area contributed by atoms with E-state index in [1.165, 1.54) is 6.92 Å². The first kappa shape index (κ1) is 18.2. The van der Waals surface area contributed by atoms with E-state index in [9.17, 15) is 9.59 Å². The number of rotatable bonds is 4. The summed E-state index contributed by atoms with van der Waals surface area (Å²) in [5.74, 6) is 0.683. The molecule has 0 aliphatic heterocycles. The van der Waals surface area contributed by atoms with Gasteiger partial charge in [-0.05, 0) is 57.2 Å². The molecule has 0 radical (unpaired) electrons. The van der Waals surface area contributed by atoms with E-state index in [0.717, 1.165) is 5.69 Å². The molecule has 0 unspecified atom stereocenters. The summed E-state index contributed by atoms with van der Waals surface area (Å²) in [4.78, 5) is 22.7. The van der Waals surface area contributed by atoms with Crippen molar-refractivity contribution in [2.24, 2.45) is 0 Å². The van der Waals surface area contributed by atoms with Crippen molar-refractivity contribution in [1.82, 2.24) is 10.2 Å². The van der Waals surface area contributed by atoms with Gasteiger partial charge < -0.3 is 15.4 Å². The molecule has 1 heterocycles. The minimum absolute atomic E-state index is 0.125. The standard InChI is InChI=1S/C17H21N5O3/c1-11(23)18-12-5-7-13(8-6-12)19-14-9-10-15(22-21-14)20-16(24)25-17(2,3)4/h5-10H,1-4H3,(H,18,23)(H,19,21)(H,20,22,24). The number of hydrogen-bond donors (Lipinski definition) is 3. The third-order valence-electron chi connectivity index (χ3n) is 2.77. The van der Waals surface area contributed by atoms with Gasteiger partial charge in [-0.2, -0.15) is 0 Å². The number of nitrogens with zero attached hydrogens (tertiary/aromatic N) is 2. The minimum atomic E-state index is -0.587. The van der Waals surface area contributed by atoms with Crippen molar-refractivity contribution in [3.05, 3.63) is 36.4 Å². The number of ether oxygens (including phenoxy) is 1. The predicted molar refractivity (Wildman–Crippen MR) is 95.9 cm³/mol. The highest BCUT2D eigenvalue weighted by Gasteiger charge is 2.16. The fourth-order valence-electron chi connectivity index (χ4n) is 1.86. The van der Waals surface area contributed by atoms with Crippen LogP contribution in [0, 0.1) is 0 Å². The lowest BCUT2D eigenvalue weighted by Gasteiger charge is -2.19. The molecule has 1 aromatic heterocycles. The smallest absolute Gasteiger partial charge is 0.413 e. The van der Waals surface area contributed by atoms with Gasteiger partial charge in [-0.1, -0.05) is 0 Å². The Labute approximate surface area is 146 Å². The molecule has 3 N–H and O–H groups in total. The van der Waals surface area contributed by atoms with E-state index >= 15 is 0 Å². The number of carbonyl (C=O) groups excluding carboxylic acids is 2. The molecule has 0 aliphatic rings. The molecule has 0 atom stereocenters. The molecule has 132 valence electrons. The third-order valence-corrected chi connectivity index (χ3v) is 2.77. The molecule has 2 amide bonds. The van der Waals surface area contributed by atoms with Gasteiger partial charge in [0, 0.05) is 18.3 Å². The number of carbonyl (C=O) groups is 2. The first-order chi connectivity index (χ1) is 11.7. The van der Waals surface area contributed by atoms with Gasteiger partial charge in [0.05, 0.1) is 0 Å². The van der Waals surface area contributed by atoms with Gasteiger partial charge in [-0.25, -0.2) is 4.79 Å². The summed E-state index contributed by atoms with van der Waals surface area (Å²) in [6.45, 7) is 6.79. The van der Waals surface area contributed by atoms with Gasteiger partial charge in [0.25, 0.3) is 0 Å². The van der Waals surface area contributed by atoms with E-state index in [-0.39, 0.29) is 5.91 Å².